The molecular weight excluding hydrogens is 200 g/mol. The van der Waals surface area contributed by atoms with E-state index in [9.17, 15) is 5.11 Å². The van der Waals surface area contributed by atoms with Crippen molar-refractivity contribution in [1.82, 2.24) is 0 Å². The highest BCUT2D eigenvalue weighted by atomic mass is 16.5. The largest absolute Gasteiger partial charge is 0.390 e. The van der Waals surface area contributed by atoms with Crippen molar-refractivity contribution in [3.63, 3.8) is 0 Å². The predicted molar refractivity (Wildman–Crippen MR) is 67.4 cm³/mol. The highest BCUT2D eigenvalue weighted by molar-refractivity contribution is 4.87. The quantitative estimate of drug-likeness (QED) is 0.745. The van der Waals surface area contributed by atoms with Gasteiger partial charge in [0, 0.05) is 0 Å². The number of aliphatic hydroxyl groups excluding tert-OH is 1. The molecule has 0 heterocycles. The van der Waals surface area contributed by atoms with Crippen molar-refractivity contribution in [3.8, 4) is 0 Å². The maximum absolute atomic E-state index is 9.99. The van der Waals surface area contributed by atoms with E-state index in [0.717, 1.165) is 19.3 Å². The molecule has 0 bridgehead atoms. The van der Waals surface area contributed by atoms with Gasteiger partial charge in [0.05, 0.1) is 17.8 Å². The molecular formula is C14H28O2. The van der Waals surface area contributed by atoms with E-state index in [2.05, 4.69) is 41.5 Å². The number of rotatable bonds is 1. The molecule has 96 valence electrons. The van der Waals surface area contributed by atoms with Gasteiger partial charge in [0.1, 0.15) is 0 Å². The van der Waals surface area contributed by atoms with Crippen LogP contribution in [0.15, 0.2) is 0 Å². The number of hydrogen-bond donors (Lipinski definition) is 1. The van der Waals surface area contributed by atoms with Gasteiger partial charge in [-0.25, -0.2) is 0 Å². The molecule has 2 nitrogen and oxygen atoms in total. The first-order chi connectivity index (χ1) is 7.09. The molecule has 0 aromatic heterocycles. The molecule has 0 spiro atoms. The summed E-state index contributed by atoms with van der Waals surface area (Å²) in [4.78, 5) is 0. The average molecular weight is 228 g/mol. The zero-order valence-electron chi connectivity index (χ0n) is 11.7. The van der Waals surface area contributed by atoms with Crippen LogP contribution in [0.4, 0.5) is 0 Å². The summed E-state index contributed by atoms with van der Waals surface area (Å²) < 4.78 is 5.97. The highest BCUT2D eigenvalue weighted by Crippen LogP contribution is 2.39. The summed E-state index contributed by atoms with van der Waals surface area (Å²) in [5.74, 6) is 0.656. The minimum absolute atomic E-state index is 0.0120. The molecule has 0 radical (unpaired) electrons. The Hall–Kier alpha value is -0.0800. The van der Waals surface area contributed by atoms with Crippen LogP contribution < -0.4 is 0 Å². The minimum Gasteiger partial charge on any atom is -0.390 e. The Kier molecular flexibility index (Phi) is 4.07. The normalized spacial score (nSPS) is 32.8. The van der Waals surface area contributed by atoms with Crippen LogP contribution in [0, 0.1) is 11.3 Å². The van der Waals surface area contributed by atoms with Gasteiger partial charge in [0.15, 0.2) is 0 Å². The minimum atomic E-state index is -0.280. The Labute approximate surface area is 100 Å². The molecule has 16 heavy (non-hydrogen) atoms. The second-order valence-corrected chi connectivity index (χ2v) is 7.21. The van der Waals surface area contributed by atoms with Gasteiger partial charge < -0.3 is 9.84 Å². The lowest BCUT2D eigenvalue weighted by atomic mass is 9.71. The van der Waals surface area contributed by atoms with Crippen molar-refractivity contribution in [1.29, 1.82) is 0 Å². The van der Waals surface area contributed by atoms with Crippen molar-refractivity contribution in [2.45, 2.75) is 78.6 Å². The van der Waals surface area contributed by atoms with Gasteiger partial charge in [-0.15, -0.1) is 0 Å². The van der Waals surface area contributed by atoms with Crippen molar-refractivity contribution >= 4 is 0 Å². The molecule has 0 saturated heterocycles. The molecule has 1 aliphatic carbocycles. The molecule has 3 atom stereocenters. The fourth-order valence-electron chi connectivity index (χ4n) is 2.48. The van der Waals surface area contributed by atoms with Gasteiger partial charge in [0.25, 0.3) is 0 Å². The van der Waals surface area contributed by atoms with E-state index in [1.54, 1.807) is 0 Å². The fourth-order valence-corrected chi connectivity index (χ4v) is 2.48. The summed E-state index contributed by atoms with van der Waals surface area (Å²) in [5, 5.41) is 9.99. The molecule has 0 amide bonds. The Morgan fingerprint density at radius 3 is 2.00 bits per heavy atom. The van der Waals surface area contributed by atoms with E-state index in [4.69, 9.17) is 4.74 Å². The molecule has 0 aliphatic heterocycles. The first-order valence-electron chi connectivity index (χ1n) is 6.45. The van der Waals surface area contributed by atoms with Crippen LogP contribution >= 0.6 is 0 Å². The van der Waals surface area contributed by atoms with Crippen LogP contribution in [0.25, 0.3) is 0 Å². The molecule has 0 aromatic rings. The van der Waals surface area contributed by atoms with Gasteiger partial charge in [-0.05, 0) is 51.4 Å². The van der Waals surface area contributed by atoms with Crippen LogP contribution in [0.2, 0.25) is 0 Å². The van der Waals surface area contributed by atoms with E-state index < -0.39 is 0 Å². The van der Waals surface area contributed by atoms with Crippen molar-refractivity contribution in [3.05, 3.63) is 0 Å². The molecule has 2 heteroatoms. The third-order valence-electron chi connectivity index (χ3n) is 3.49. The van der Waals surface area contributed by atoms with E-state index >= 15 is 0 Å². The van der Waals surface area contributed by atoms with Crippen LogP contribution in [0.5, 0.6) is 0 Å². The third kappa shape index (κ3) is 4.06. The van der Waals surface area contributed by atoms with E-state index in [-0.39, 0.29) is 17.8 Å². The SMILES string of the molecule is CC(C)(C)OC1CC(C(C)(C)C)CCC1O. The lowest BCUT2D eigenvalue weighted by Crippen LogP contribution is -2.43. The molecule has 1 N–H and O–H groups in total. The third-order valence-corrected chi connectivity index (χ3v) is 3.49. The van der Waals surface area contributed by atoms with Crippen LogP contribution in [0.3, 0.4) is 0 Å². The summed E-state index contributed by atoms with van der Waals surface area (Å²) in [7, 11) is 0. The van der Waals surface area contributed by atoms with Crippen molar-refractivity contribution in [2.75, 3.05) is 0 Å². The van der Waals surface area contributed by atoms with Crippen LogP contribution in [-0.2, 0) is 4.74 Å². The zero-order valence-corrected chi connectivity index (χ0v) is 11.7. The summed E-state index contributed by atoms with van der Waals surface area (Å²) in [6, 6.07) is 0. The molecule has 1 saturated carbocycles. The summed E-state index contributed by atoms with van der Waals surface area (Å²) in [5.41, 5.74) is 0.158. The first kappa shape index (κ1) is 14.0. The molecule has 1 rings (SSSR count). The number of ether oxygens (including phenoxy) is 1. The standard InChI is InChI=1S/C14H28O2/c1-13(2,3)10-7-8-11(15)12(9-10)16-14(4,5)6/h10-12,15H,7-9H2,1-6H3. The maximum Gasteiger partial charge on any atom is 0.0843 e. The second kappa shape index (κ2) is 4.66. The van der Waals surface area contributed by atoms with Gasteiger partial charge in [0.2, 0.25) is 0 Å². The Balaban J connectivity index is 2.62. The Bertz CT molecular complexity index is 222. The fraction of sp³-hybridized carbons (Fsp3) is 1.00. The van der Waals surface area contributed by atoms with Gasteiger partial charge in [-0.2, -0.15) is 0 Å². The lowest BCUT2D eigenvalue weighted by Gasteiger charge is -2.42. The molecule has 1 fully saturated rings. The van der Waals surface area contributed by atoms with E-state index in [0.29, 0.717) is 11.3 Å². The van der Waals surface area contributed by atoms with Crippen molar-refractivity contribution in [2.24, 2.45) is 11.3 Å². The lowest BCUT2D eigenvalue weighted by molar-refractivity contribution is -0.140. The average Bonchev–Trinajstić information content (AvgIpc) is 2.04. The van der Waals surface area contributed by atoms with Crippen LogP contribution in [-0.4, -0.2) is 22.9 Å². The Morgan fingerprint density at radius 1 is 1.00 bits per heavy atom. The molecule has 3 unspecified atom stereocenters. The number of aliphatic hydroxyl groups is 1. The number of hydrogen-bond acceptors (Lipinski definition) is 2. The van der Waals surface area contributed by atoms with Crippen LogP contribution in [0.1, 0.15) is 60.8 Å². The van der Waals surface area contributed by atoms with Gasteiger partial charge >= 0.3 is 0 Å². The topological polar surface area (TPSA) is 29.5 Å². The smallest absolute Gasteiger partial charge is 0.0843 e. The first-order valence-corrected chi connectivity index (χ1v) is 6.45. The van der Waals surface area contributed by atoms with Gasteiger partial charge in [-0.3, -0.25) is 0 Å². The molecule has 0 aromatic carbocycles. The molecule has 1 aliphatic rings. The predicted octanol–water partition coefficient (Wildman–Crippen LogP) is 3.38. The maximum atomic E-state index is 9.99. The second-order valence-electron chi connectivity index (χ2n) is 7.21. The summed E-state index contributed by atoms with van der Waals surface area (Å²) in [6.45, 7) is 13.0. The summed E-state index contributed by atoms with van der Waals surface area (Å²) in [6.07, 6.45) is 2.72. The van der Waals surface area contributed by atoms with E-state index in [1.165, 1.54) is 0 Å². The Morgan fingerprint density at radius 2 is 1.56 bits per heavy atom. The van der Waals surface area contributed by atoms with E-state index in [1.807, 2.05) is 0 Å². The van der Waals surface area contributed by atoms with Crippen molar-refractivity contribution < 1.29 is 9.84 Å². The van der Waals surface area contributed by atoms with Gasteiger partial charge in [-0.1, -0.05) is 20.8 Å². The highest BCUT2D eigenvalue weighted by Gasteiger charge is 2.37. The zero-order chi connectivity index (χ0) is 12.6. The monoisotopic (exact) mass is 228 g/mol. The summed E-state index contributed by atoms with van der Waals surface area (Å²) >= 11 is 0.